The van der Waals surface area contributed by atoms with Crippen LogP contribution in [-0.2, 0) is 14.0 Å². The van der Waals surface area contributed by atoms with Gasteiger partial charge in [-0.15, -0.1) is 0 Å². The second kappa shape index (κ2) is 11.6. The predicted octanol–water partition coefficient (Wildman–Crippen LogP) is 3.09. The number of carboxylic acid groups (broad SMARTS) is 1. The summed E-state index contributed by atoms with van der Waals surface area (Å²) in [5.41, 5.74) is 0. The summed E-state index contributed by atoms with van der Waals surface area (Å²) in [5, 5.41) is 31.6. The highest BCUT2D eigenvalue weighted by atomic mass is 28.4. The monoisotopic (exact) mass is 486 g/mol. The molecule has 0 radical (unpaired) electrons. The van der Waals surface area contributed by atoms with Crippen molar-refractivity contribution in [2.24, 2.45) is 0 Å². The van der Waals surface area contributed by atoms with E-state index in [9.17, 15) is 15.0 Å². The zero-order valence-electron chi connectivity index (χ0n) is 20.4. The van der Waals surface area contributed by atoms with Gasteiger partial charge in [-0.3, -0.25) is 4.79 Å². The third-order valence-corrected chi connectivity index (χ3v) is 11.6. The first-order valence-corrected chi connectivity index (χ1v) is 14.0. The Bertz CT molecular complexity index is 859. The van der Waals surface area contributed by atoms with Crippen molar-refractivity contribution in [3.8, 4) is 0 Å². The molecule has 3 rings (SSSR count). The van der Waals surface area contributed by atoms with E-state index in [4.69, 9.17) is 14.3 Å². The number of rotatable bonds is 10. The number of hydrogen-bond donors (Lipinski definition) is 3. The number of aliphatic carboxylic acids is 1. The number of ether oxygens (including phenoxy) is 1. The summed E-state index contributed by atoms with van der Waals surface area (Å²) in [4.78, 5) is 10.9. The van der Waals surface area contributed by atoms with Gasteiger partial charge in [-0.25, -0.2) is 0 Å². The highest BCUT2D eigenvalue weighted by molar-refractivity contribution is 6.99. The largest absolute Gasteiger partial charge is 0.481 e. The number of aliphatic hydroxyl groups excluding tert-OH is 2. The summed E-state index contributed by atoms with van der Waals surface area (Å²) < 4.78 is 13.1. The summed E-state index contributed by atoms with van der Waals surface area (Å²) in [6.45, 7) is 7.19. The first kappa shape index (κ1) is 26.6. The molecule has 1 heterocycles. The fraction of sp³-hybridized carbons (Fsp3) is 0.519. The van der Waals surface area contributed by atoms with E-state index in [0.29, 0.717) is 25.9 Å². The number of aliphatic hydroxyl groups is 2. The lowest BCUT2D eigenvalue weighted by molar-refractivity contribution is -0.141. The van der Waals surface area contributed by atoms with E-state index >= 15 is 0 Å². The summed E-state index contributed by atoms with van der Waals surface area (Å²) in [6, 6.07) is 20.9. The van der Waals surface area contributed by atoms with Crippen LogP contribution < -0.4 is 10.4 Å². The minimum absolute atomic E-state index is 0.119. The van der Waals surface area contributed by atoms with Crippen molar-refractivity contribution in [1.29, 1.82) is 0 Å². The quantitative estimate of drug-likeness (QED) is 0.447. The minimum Gasteiger partial charge on any atom is -0.481 e. The molecule has 0 amide bonds. The second-order valence-corrected chi connectivity index (χ2v) is 14.6. The van der Waals surface area contributed by atoms with Gasteiger partial charge in [0.2, 0.25) is 0 Å². The van der Waals surface area contributed by atoms with Crippen LogP contribution in [0.5, 0.6) is 0 Å². The average Bonchev–Trinajstić information content (AvgIpc) is 2.76. The molecular weight excluding hydrogens is 448 g/mol. The smallest absolute Gasteiger partial charge is 0.305 e. The van der Waals surface area contributed by atoms with Crippen LogP contribution in [0, 0.1) is 0 Å². The normalized spacial score (nSPS) is 22.3. The Labute approximate surface area is 203 Å². The molecule has 4 atom stereocenters. The zero-order valence-corrected chi connectivity index (χ0v) is 21.4. The van der Waals surface area contributed by atoms with Gasteiger partial charge in [0.25, 0.3) is 8.32 Å². The molecule has 1 saturated heterocycles. The lowest BCUT2D eigenvalue weighted by Gasteiger charge is -2.43. The zero-order chi connectivity index (χ0) is 24.8. The Morgan fingerprint density at radius 3 is 2.06 bits per heavy atom. The van der Waals surface area contributed by atoms with Crippen molar-refractivity contribution in [2.75, 3.05) is 6.61 Å². The van der Waals surface area contributed by atoms with E-state index in [0.717, 1.165) is 0 Å². The molecule has 0 saturated carbocycles. The molecule has 1 aliphatic rings. The van der Waals surface area contributed by atoms with Crippen molar-refractivity contribution in [3.63, 3.8) is 0 Å². The van der Waals surface area contributed by atoms with Crippen LogP contribution in [0.2, 0.25) is 5.04 Å². The van der Waals surface area contributed by atoms with Crippen molar-refractivity contribution < 1.29 is 29.3 Å². The molecular formula is C27H38O6Si. The Hall–Kier alpha value is -2.03. The Balaban J connectivity index is 1.75. The maximum atomic E-state index is 10.9. The van der Waals surface area contributed by atoms with Gasteiger partial charge in [0.1, 0.15) is 0 Å². The fourth-order valence-corrected chi connectivity index (χ4v) is 9.70. The Morgan fingerprint density at radius 2 is 1.56 bits per heavy atom. The van der Waals surface area contributed by atoms with Crippen LogP contribution in [-0.4, -0.2) is 60.6 Å². The summed E-state index contributed by atoms with van der Waals surface area (Å²) in [7, 11) is -2.64. The van der Waals surface area contributed by atoms with E-state index < -0.39 is 26.5 Å². The summed E-state index contributed by atoms with van der Waals surface area (Å²) >= 11 is 0. The lowest BCUT2D eigenvalue weighted by Crippen LogP contribution is -2.66. The number of benzene rings is 2. The molecule has 2 aromatic rings. The van der Waals surface area contributed by atoms with Crippen LogP contribution in [0.15, 0.2) is 60.7 Å². The number of carboxylic acids is 1. The molecule has 6 nitrogen and oxygen atoms in total. The van der Waals surface area contributed by atoms with Crippen LogP contribution in [0.25, 0.3) is 0 Å². The third-order valence-electron chi connectivity index (χ3n) is 6.58. The van der Waals surface area contributed by atoms with E-state index in [1.54, 1.807) is 0 Å². The predicted molar refractivity (Wildman–Crippen MR) is 135 cm³/mol. The Morgan fingerprint density at radius 1 is 1.03 bits per heavy atom. The molecule has 0 bridgehead atoms. The van der Waals surface area contributed by atoms with E-state index in [2.05, 4.69) is 69.3 Å². The van der Waals surface area contributed by atoms with Gasteiger partial charge in [0, 0.05) is 13.0 Å². The molecule has 0 aliphatic carbocycles. The van der Waals surface area contributed by atoms with Crippen LogP contribution in [0.3, 0.4) is 0 Å². The molecule has 0 spiro atoms. The molecule has 1 aliphatic heterocycles. The number of carbonyl (C=O) groups is 1. The second-order valence-electron chi connectivity index (χ2n) is 10.3. The van der Waals surface area contributed by atoms with Gasteiger partial charge in [0.15, 0.2) is 0 Å². The lowest BCUT2D eigenvalue weighted by atomic mass is 9.95. The van der Waals surface area contributed by atoms with Crippen molar-refractivity contribution in [1.82, 2.24) is 0 Å². The number of hydrogen-bond acceptors (Lipinski definition) is 5. The van der Waals surface area contributed by atoms with E-state index in [1.165, 1.54) is 10.4 Å². The first-order valence-electron chi connectivity index (χ1n) is 12.1. The minimum atomic E-state index is -2.64. The molecule has 3 N–H and O–H groups in total. The van der Waals surface area contributed by atoms with Crippen LogP contribution >= 0.6 is 0 Å². The van der Waals surface area contributed by atoms with Gasteiger partial charge >= 0.3 is 5.97 Å². The van der Waals surface area contributed by atoms with Crippen LogP contribution in [0.4, 0.5) is 0 Å². The van der Waals surface area contributed by atoms with Crippen molar-refractivity contribution in [3.05, 3.63) is 60.7 Å². The van der Waals surface area contributed by atoms with Crippen molar-refractivity contribution in [2.45, 2.75) is 82.3 Å². The van der Waals surface area contributed by atoms with Gasteiger partial charge in [-0.05, 0) is 34.7 Å². The average molecular weight is 487 g/mol. The maximum Gasteiger partial charge on any atom is 0.305 e. The molecule has 1 fully saturated rings. The van der Waals surface area contributed by atoms with Gasteiger partial charge in [-0.1, -0.05) is 81.4 Å². The van der Waals surface area contributed by atoms with E-state index in [1.807, 2.05) is 12.1 Å². The van der Waals surface area contributed by atoms with Gasteiger partial charge in [-0.2, -0.15) is 0 Å². The topological polar surface area (TPSA) is 96.2 Å². The maximum absolute atomic E-state index is 10.9. The Kier molecular flexibility index (Phi) is 9.06. The SMILES string of the molecule is CC(C)(C)[Si](OCC[C@H]1C[C@@H](O)C[C@H](C[C@@H](O)CC(=O)O)O1)(c1ccccc1)c1ccccc1. The molecule has 0 aromatic heterocycles. The van der Waals surface area contributed by atoms with Crippen LogP contribution in [0.1, 0.15) is 52.9 Å². The molecule has 186 valence electrons. The van der Waals surface area contributed by atoms with Gasteiger partial charge < -0.3 is 24.5 Å². The summed E-state index contributed by atoms with van der Waals surface area (Å²) in [5.74, 6) is -1.04. The van der Waals surface area contributed by atoms with Crippen molar-refractivity contribution >= 4 is 24.7 Å². The van der Waals surface area contributed by atoms with Gasteiger partial charge in [0.05, 0.1) is 30.8 Å². The molecule has 0 unspecified atom stereocenters. The molecule has 7 heteroatoms. The van der Waals surface area contributed by atoms with E-state index in [-0.39, 0.29) is 30.1 Å². The highest BCUT2D eigenvalue weighted by Gasteiger charge is 2.50. The fourth-order valence-electron chi connectivity index (χ4n) is 5.12. The summed E-state index contributed by atoms with van der Waals surface area (Å²) in [6.07, 6.45) is -0.672. The highest BCUT2D eigenvalue weighted by Crippen LogP contribution is 2.37. The molecule has 2 aromatic carbocycles. The molecule has 34 heavy (non-hydrogen) atoms. The first-order chi connectivity index (χ1) is 16.1. The third kappa shape index (κ3) is 6.55. The standard InChI is InChI=1S/C27H38O6Si/c1-27(2,3)34(24-10-6-4-7-11-24,25-12-8-5-9-13-25)32-15-14-22-16-20(28)17-23(33-22)18-21(29)19-26(30)31/h4-13,20-23,28-29H,14-19H2,1-3H3,(H,30,31)/t20-,21-,22+,23-/m1/s1.